The molecule has 2 aliphatic rings. The van der Waals surface area contributed by atoms with Gasteiger partial charge in [-0.05, 0) is 24.5 Å². The molecule has 25 heavy (non-hydrogen) atoms. The van der Waals surface area contributed by atoms with Crippen molar-refractivity contribution in [1.29, 1.82) is 0 Å². The summed E-state index contributed by atoms with van der Waals surface area (Å²) in [6.07, 6.45) is 3.80. The third-order valence-corrected chi connectivity index (χ3v) is 4.76. The minimum atomic E-state index is -0.185. The molecule has 2 saturated heterocycles. The SMILES string of the molecule is CC(=O)NCC(=O)N1CCC[C@H]1c1ccc(CN2CCOCC2)cn1. The summed E-state index contributed by atoms with van der Waals surface area (Å²) in [5.41, 5.74) is 2.11. The molecule has 1 aromatic rings. The van der Waals surface area contributed by atoms with Gasteiger partial charge in [0.2, 0.25) is 11.8 Å². The third kappa shape index (κ3) is 4.76. The van der Waals surface area contributed by atoms with E-state index >= 15 is 0 Å². The molecule has 0 aliphatic carbocycles. The molecular weight excluding hydrogens is 320 g/mol. The van der Waals surface area contributed by atoms with Gasteiger partial charge in [0.25, 0.3) is 0 Å². The van der Waals surface area contributed by atoms with Gasteiger partial charge < -0.3 is 15.0 Å². The quantitative estimate of drug-likeness (QED) is 0.850. The standard InChI is InChI=1S/C18H26N4O3/c1-14(23)19-12-18(24)22-6-2-3-17(22)16-5-4-15(11-20-16)13-21-7-9-25-10-8-21/h4-5,11,17H,2-3,6-10,12-13H2,1H3,(H,19,23)/t17-/m0/s1. The van der Waals surface area contributed by atoms with E-state index in [-0.39, 0.29) is 24.4 Å². The summed E-state index contributed by atoms with van der Waals surface area (Å²) in [5, 5.41) is 2.58. The maximum Gasteiger partial charge on any atom is 0.242 e. The summed E-state index contributed by atoms with van der Waals surface area (Å²) < 4.78 is 5.37. The number of likely N-dealkylation sites (tertiary alicyclic amines) is 1. The second kappa shape index (κ2) is 8.40. The Balaban J connectivity index is 1.60. The van der Waals surface area contributed by atoms with Crippen LogP contribution in [0, 0.1) is 0 Å². The van der Waals surface area contributed by atoms with Gasteiger partial charge in [-0.1, -0.05) is 6.07 Å². The van der Waals surface area contributed by atoms with Crippen molar-refractivity contribution in [2.75, 3.05) is 39.4 Å². The van der Waals surface area contributed by atoms with E-state index in [0.717, 1.165) is 57.9 Å². The van der Waals surface area contributed by atoms with Crippen molar-refractivity contribution in [1.82, 2.24) is 20.1 Å². The first-order valence-corrected chi connectivity index (χ1v) is 8.92. The Morgan fingerprint density at radius 1 is 1.28 bits per heavy atom. The van der Waals surface area contributed by atoms with Crippen LogP contribution in [0.5, 0.6) is 0 Å². The van der Waals surface area contributed by atoms with Crippen LogP contribution in [-0.2, 0) is 20.9 Å². The maximum atomic E-state index is 12.3. The zero-order valence-corrected chi connectivity index (χ0v) is 14.7. The van der Waals surface area contributed by atoms with Crippen molar-refractivity contribution in [3.63, 3.8) is 0 Å². The predicted molar refractivity (Wildman–Crippen MR) is 92.7 cm³/mol. The van der Waals surface area contributed by atoms with Crippen LogP contribution in [0.2, 0.25) is 0 Å². The van der Waals surface area contributed by atoms with Gasteiger partial charge in [0.15, 0.2) is 0 Å². The van der Waals surface area contributed by atoms with Crippen molar-refractivity contribution in [2.45, 2.75) is 32.4 Å². The van der Waals surface area contributed by atoms with Gasteiger partial charge in [0.1, 0.15) is 0 Å². The van der Waals surface area contributed by atoms with Gasteiger partial charge in [-0.3, -0.25) is 19.5 Å². The number of carbonyl (C=O) groups is 2. The lowest BCUT2D eigenvalue weighted by molar-refractivity contribution is -0.133. The van der Waals surface area contributed by atoms with Gasteiger partial charge in [-0.15, -0.1) is 0 Å². The number of hydrogen-bond acceptors (Lipinski definition) is 5. The highest BCUT2D eigenvalue weighted by atomic mass is 16.5. The summed E-state index contributed by atoms with van der Waals surface area (Å²) in [7, 11) is 0. The van der Waals surface area contributed by atoms with E-state index in [9.17, 15) is 9.59 Å². The highest BCUT2D eigenvalue weighted by molar-refractivity contribution is 5.84. The molecule has 3 heterocycles. The lowest BCUT2D eigenvalue weighted by Gasteiger charge is -2.27. The topological polar surface area (TPSA) is 74.8 Å². The van der Waals surface area contributed by atoms with E-state index < -0.39 is 0 Å². The molecule has 136 valence electrons. The molecule has 1 N–H and O–H groups in total. The molecule has 1 aromatic heterocycles. The maximum absolute atomic E-state index is 12.3. The Hall–Kier alpha value is -1.99. The highest BCUT2D eigenvalue weighted by Crippen LogP contribution is 2.30. The van der Waals surface area contributed by atoms with Crippen LogP contribution in [0.1, 0.15) is 37.1 Å². The first kappa shape index (κ1) is 17.8. The fraction of sp³-hybridized carbons (Fsp3) is 0.611. The van der Waals surface area contributed by atoms with Crippen LogP contribution in [0.3, 0.4) is 0 Å². The summed E-state index contributed by atoms with van der Waals surface area (Å²) in [5.74, 6) is -0.230. The number of hydrogen-bond donors (Lipinski definition) is 1. The number of aromatic nitrogens is 1. The Kier molecular flexibility index (Phi) is 5.99. The third-order valence-electron chi connectivity index (χ3n) is 4.76. The minimum Gasteiger partial charge on any atom is -0.379 e. The molecule has 2 amide bonds. The number of ether oxygens (including phenoxy) is 1. The molecular formula is C18H26N4O3. The molecule has 3 rings (SSSR count). The van der Waals surface area contributed by atoms with Crippen LogP contribution in [0.15, 0.2) is 18.3 Å². The molecule has 1 atom stereocenters. The molecule has 0 spiro atoms. The van der Waals surface area contributed by atoms with E-state index in [4.69, 9.17) is 4.74 Å². The highest BCUT2D eigenvalue weighted by Gasteiger charge is 2.30. The second-order valence-electron chi connectivity index (χ2n) is 6.63. The molecule has 0 radical (unpaired) electrons. The Morgan fingerprint density at radius 3 is 2.76 bits per heavy atom. The molecule has 0 bridgehead atoms. The Morgan fingerprint density at radius 2 is 2.08 bits per heavy atom. The number of amides is 2. The number of morpholine rings is 1. The largest absolute Gasteiger partial charge is 0.379 e. The number of carbonyl (C=O) groups excluding carboxylic acids is 2. The molecule has 0 saturated carbocycles. The fourth-order valence-corrected chi connectivity index (χ4v) is 3.42. The van der Waals surface area contributed by atoms with Crippen LogP contribution >= 0.6 is 0 Å². The number of nitrogens with zero attached hydrogens (tertiary/aromatic N) is 3. The smallest absolute Gasteiger partial charge is 0.242 e. The minimum absolute atomic E-state index is 0.0127. The van der Waals surface area contributed by atoms with Gasteiger partial charge in [-0.25, -0.2) is 0 Å². The van der Waals surface area contributed by atoms with E-state index in [1.807, 2.05) is 17.2 Å². The zero-order valence-electron chi connectivity index (χ0n) is 14.7. The fourth-order valence-electron chi connectivity index (χ4n) is 3.42. The second-order valence-corrected chi connectivity index (χ2v) is 6.63. The first-order valence-electron chi connectivity index (χ1n) is 8.92. The van der Waals surface area contributed by atoms with E-state index in [1.165, 1.54) is 12.5 Å². The van der Waals surface area contributed by atoms with Crippen molar-refractivity contribution in [3.8, 4) is 0 Å². The van der Waals surface area contributed by atoms with Gasteiger partial charge in [0.05, 0.1) is 31.5 Å². The van der Waals surface area contributed by atoms with E-state index in [0.29, 0.717) is 0 Å². The van der Waals surface area contributed by atoms with Crippen molar-refractivity contribution >= 4 is 11.8 Å². The van der Waals surface area contributed by atoms with Crippen LogP contribution in [0.25, 0.3) is 0 Å². The summed E-state index contributed by atoms with van der Waals surface area (Å²) in [6.45, 7) is 6.57. The molecule has 0 unspecified atom stereocenters. The Bertz CT molecular complexity index is 599. The first-order chi connectivity index (χ1) is 12.1. The van der Waals surface area contributed by atoms with E-state index in [2.05, 4.69) is 21.3 Å². The molecule has 7 heteroatoms. The molecule has 2 fully saturated rings. The number of pyridine rings is 1. The summed E-state index contributed by atoms with van der Waals surface area (Å²) in [6, 6.07) is 4.15. The van der Waals surface area contributed by atoms with Crippen molar-refractivity contribution in [3.05, 3.63) is 29.6 Å². The lowest BCUT2D eigenvalue weighted by Crippen LogP contribution is -2.39. The van der Waals surface area contributed by atoms with Crippen molar-refractivity contribution in [2.24, 2.45) is 0 Å². The molecule has 7 nitrogen and oxygen atoms in total. The Labute approximate surface area is 148 Å². The molecule has 2 aliphatic heterocycles. The predicted octanol–water partition coefficient (Wildman–Crippen LogP) is 0.713. The lowest BCUT2D eigenvalue weighted by atomic mass is 10.1. The van der Waals surface area contributed by atoms with Gasteiger partial charge in [-0.2, -0.15) is 0 Å². The van der Waals surface area contributed by atoms with Gasteiger partial charge in [0, 0.05) is 39.3 Å². The number of nitrogens with one attached hydrogen (secondary N) is 1. The average Bonchev–Trinajstić information content (AvgIpc) is 3.11. The number of rotatable bonds is 5. The van der Waals surface area contributed by atoms with Crippen LogP contribution in [-0.4, -0.2) is 66.0 Å². The van der Waals surface area contributed by atoms with Crippen LogP contribution < -0.4 is 5.32 Å². The van der Waals surface area contributed by atoms with Crippen molar-refractivity contribution < 1.29 is 14.3 Å². The van der Waals surface area contributed by atoms with Crippen LogP contribution in [0.4, 0.5) is 0 Å². The average molecular weight is 346 g/mol. The normalized spacial score (nSPS) is 21.3. The van der Waals surface area contributed by atoms with Gasteiger partial charge >= 0.3 is 0 Å². The van der Waals surface area contributed by atoms with E-state index in [1.54, 1.807) is 0 Å². The zero-order chi connectivity index (χ0) is 17.6. The monoisotopic (exact) mass is 346 g/mol. The summed E-state index contributed by atoms with van der Waals surface area (Å²) in [4.78, 5) is 32.1. The molecule has 0 aromatic carbocycles. The summed E-state index contributed by atoms with van der Waals surface area (Å²) >= 11 is 0.